The first kappa shape index (κ1) is 16.8. The van der Waals surface area contributed by atoms with Gasteiger partial charge in [-0.3, -0.25) is 0 Å². The number of rotatable bonds is 9. The molecule has 0 aliphatic rings. The van der Waals surface area contributed by atoms with Gasteiger partial charge in [0.25, 0.3) is 0 Å². The highest BCUT2D eigenvalue weighted by Crippen LogP contribution is 2.27. The Morgan fingerprint density at radius 2 is 1.16 bits per heavy atom. The van der Waals surface area contributed by atoms with Crippen LogP contribution >= 0.6 is 15.9 Å². The molecule has 0 aliphatic carbocycles. The van der Waals surface area contributed by atoms with E-state index >= 15 is 0 Å². The van der Waals surface area contributed by atoms with Crippen LogP contribution in [0.4, 0.5) is 0 Å². The summed E-state index contributed by atoms with van der Waals surface area (Å²) in [5.74, 6) is 0. The van der Waals surface area contributed by atoms with E-state index in [-0.39, 0.29) is 0 Å². The van der Waals surface area contributed by atoms with Crippen LogP contribution < -0.4 is 0 Å². The molecule has 19 heavy (non-hydrogen) atoms. The third-order valence-electron chi connectivity index (χ3n) is 3.70. The number of hydrogen-bond acceptors (Lipinski definition) is 0. The van der Waals surface area contributed by atoms with E-state index in [2.05, 4.69) is 48.8 Å². The molecule has 108 valence electrons. The fourth-order valence-electron chi connectivity index (χ4n) is 2.45. The third-order valence-corrected chi connectivity index (χ3v) is 4.72. The van der Waals surface area contributed by atoms with E-state index in [1.54, 1.807) is 5.56 Å². The second-order valence-corrected chi connectivity index (χ2v) is 6.33. The van der Waals surface area contributed by atoms with Crippen molar-refractivity contribution in [2.75, 3.05) is 0 Å². The largest absolute Gasteiger partial charge is 0.0654 e. The van der Waals surface area contributed by atoms with Gasteiger partial charge in [-0.15, -0.1) is 0 Å². The topological polar surface area (TPSA) is 0 Å². The first-order valence-electron chi connectivity index (χ1n) is 8.03. The van der Waals surface area contributed by atoms with Crippen molar-refractivity contribution >= 4 is 15.9 Å². The van der Waals surface area contributed by atoms with Gasteiger partial charge in [0.15, 0.2) is 0 Å². The van der Waals surface area contributed by atoms with Gasteiger partial charge in [0, 0.05) is 4.47 Å². The predicted octanol–water partition coefficient (Wildman–Crippen LogP) is 6.48. The van der Waals surface area contributed by atoms with Crippen LogP contribution in [0.2, 0.25) is 0 Å². The van der Waals surface area contributed by atoms with Gasteiger partial charge in [0.1, 0.15) is 0 Å². The van der Waals surface area contributed by atoms with Crippen molar-refractivity contribution in [2.45, 2.75) is 78.6 Å². The monoisotopic (exact) mass is 324 g/mol. The molecule has 0 radical (unpaired) electrons. The Labute approximate surface area is 128 Å². The van der Waals surface area contributed by atoms with Crippen LogP contribution in [-0.2, 0) is 19.3 Å². The quantitative estimate of drug-likeness (QED) is 0.487. The van der Waals surface area contributed by atoms with E-state index in [0.29, 0.717) is 0 Å². The summed E-state index contributed by atoms with van der Waals surface area (Å²) < 4.78 is 1.38. The van der Waals surface area contributed by atoms with Crippen molar-refractivity contribution in [3.8, 4) is 0 Å². The molecular weight excluding hydrogens is 296 g/mol. The van der Waals surface area contributed by atoms with Gasteiger partial charge in [-0.05, 0) is 55.2 Å². The van der Waals surface area contributed by atoms with Crippen LogP contribution in [0.5, 0.6) is 0 Å². The number of unbranched alkanes of at least 4 members (excludes halogenated alkanes) is 3. The van der Waals surface area contributed by atoms with Crippen LogP contribution in [0.3, 0.4) is 0 Å². The smallest absolute Gasteiger partial charge is 0.0239 e. The van der Waals surface area contributed by atoms with Gasteiger partial charge >= 0.3 is 0 Å². The Bertz CT molecular complexity index is 339. The normalized spacial score (nSPS) is 10.9. The average Bonchev–Trinajstić information content (AvgIpc) is 2.43. The van der Waals surface area contributed by atoms with Crippen molar-refractivity contribution in [1.82, 2.24) is 0 Å². The summed E-state index contributed by atoms with van der Waals surface area (Å²) in [5.41, 5.74) is 4.60. The van der Waals surface area contributed by atoms with Gasteiger partial charge < -0.3 is 0 Å². The lowest BCUT2D eigenvalue weighted by Crippen LogP contribution is -1.98. The zero-order valence-electron chi connectivity index (χ0n) is 12.9. The highest BCUT2D eigenvalue weighted by Gasteiger charge is 2.08. The molecule has 0 saturated carbocycles. The van der Waals surface area contributed by atoms with Gasteiger partial charge in [0.05, 0.1) is 0 Å². The number of hydrogen-bond donors (Lipinski definition) is 0. The van der Waals surface area contributed by atoms with E-state index < -0.39 is 0 Å². The molecule has 0 aromatic heterocycles. The van der Waals surface area contributed by atoms with Crippen molar-refractivity contribution in [2.24, 2.45) is 0 Å². The summed E-state index contributed by atoms with van der Waals surface area (Å²) in [6.45, 7) is 6.81. The van der Waals surface area contributed by atoms with E-state index in [0.717, 1.165) is 0 Å². The summed E-state index contributed by atoms with van der Waals surface area (Å²) in [5, 5.41) is 0. The average molecular weight is 325 g/mol. The van der Waals surface area contributed by atoms with Crippen molar-refractivity contribution < 1.29 is 0 Å². The van der Waals surface area contributed by atoms with E-state index in [9.17, 15) is 0 Å². The van der Waals surface area contributed by atoms with E-state index in [1.165, 1.54) is 73.4 Å². The Hall–Kier alpha value is -0.300. The third kappa shape index (κ3) is 5.69. The fourth-order valence-corrected chi connectivity index (χ4v) is 3.07. The molecule has 0 heterocycles. The molecule has 0 unspecified atom stereocenters. The number of benzene rings is 1. The van der Waals surface area contributed by atoms with Crippen LogP contribution in [0.1, 0.15) is 76.0 Å². The lowest BCUT2D eigenvalue weighted by molar-refractivity contribution is 0.762. The maximum Gasteiger partial charge on any atom is 0.0239 e. The molecule has 1 aromatic carbocycles. The Balaban J connectivity index is 2.92. The maximum absolute atomic E-state index is 3.84. The lowest BCUT2D eigenvalue weighted by Gasteiger charge is -2.13. The fraction of sp³-hybridized carbons (Fsp3) is 0.667. The maximum atomic E-state index is 3.84. The summed E-state index contributed by atoms with van der Waals surface area (Å²) in [6, 6.07) is 4.87. The second kappa shape index (κ2) is 9.58. The first-order chi connectivity index (χ1) is 9.22. The van der Waals surface area contributed by atoms with Gasteiger partial charge in [-0.25, -0.2) is 0 Å². The number of halogens is 1. The molecule has 0 bridgehead atoms. The molecule has 0 amide bonds. The summed E-state index contributed by atoms with van der Waals surface area (Å²) in [6.07, 6.45) is 11.4. The molecule has 1 rings (SSSR count). The van der Waals surface area contributed by atoms with Crippen molar-refractivity contribution in [3.63, 3.8) is 0 Å². The first-order valence-corrected chi connectivity index (χ1v) is 8.82. The molecule has 0 aliphatic heterocycles. The molecule has 0 N–H and O–H groups in total. The highest BCUT2D eigenvalue weighted by molar-refractivity contribution is 9.10. The predicted molar refractivity (Wildman–Crippen MR) is 90.0 cm³/mol. The summed E-state index contributed by atoms with van der Waals surface area (Å²) >= 11 is 3.84. The highest BCUT2D eigenvalue weighted by atomic mass is 79.9. The van der Waals surface area contributed by atoms with Crippen LogP contribution in [-0.4, -0.2) is 0 Å². The molecule has 1 aromatic rings. The van der Waals surface area contributed by atoms with E-state index in [4.69, 9.17) is 0 Å². The Morgan fingerprint density at radius 1 is 0.737 bits per heavy atom. The molecular formula is C18H29Br. The SMILES string of the molecule is CCCCc1cc(CCCC)c(Br)c(CCCC)c1. The lowest BCUT2D eigenvalue weighted by atomic mass is 9.96. The van der Waals surface area contributed by atoms with Gasteiger partial charge in [-0.2, -0.15) is 0 Å². The molecule has 0 spiro atoms. The van der Waals surface area contributed by atoms with Crippen molar-refractivity contribution in [1.29, 1.82) is 0 Å². The molecule has 0 fully saturated rings. The minimum Gasteiger partial charge on any atom is -0.0654 e. The molecule has 0 nitrogen and oxygen atoms in total. The van der Waals surface area contributed by atoms with Gasteiger partial charge in [0.2, 0.25) is 0 Å². The van der Waals surface area contributed by atoms with Crippen molar-refractivity contribution in [3.05, 3.63) is 33.3 Å². The standard InChI is InChI=1S/C18H29Br/c1-4-7-10-15-13-16(11-8-5-2)18(19)17(14-15)12-9-6-3/h13-14H,4-12H2,1-3H3. The van der Waals surface area contributed by atoms with Gasteiger partial charge in [-0.1, -0.05) is 68.1 Å². The number of aryl methyl sites for hydroxylation is 3. The Kier molecular flexibility index (Phi) is 8.45. The Morgan fingerprint density at radius 3 is 1.58 bits per heavy atom. The van der Waals surface area contributed by atoms with Crippen LogP contribution in [0.15, 0.2) is 16.6 Å². The zero-order valence-corrected chi connectivity index (χ0v) is 14.5. The zero-order chi connectivity index (χ0) is 14.1. The summed E-state index contributed by atoms with van der Waals surface area (Å²) in [4.78, 5) is 0. The minimum absolute atomic E-state index is 1.22. The summed E-state index contributed by atoms with van der Waals surface area (Å²) in [7, 11) is 0. The van der Waals surface area contributed by atoms with Crippen LogP contribution in [0.25, 0.3) is 0 Å². The molecule has 0 atom stereocenters. The molecule has 1 heteroatoms. The van der Waals surface area contributed by atoms with Crippen LogP contribution in [0, 0.1) is 0 Å². The minimum atomic E-state index is 1.22. The molecule has 0 saturated heterocycles. The second-order valence-electron chi connectivity index (χ2n) is 5.54. The van der Waals surface area contributed by atoms with E-state index in [1.807, 2.05) is 0 Å².